The summed E-state index contributed by atoms with van der Waals surface area (Å²) >= 11 is 0. The van der Waals surface area contributed by atoms with Gasteiger partial charge in [-0.1, -0.05) is 0 Å². The Kier molecular flexibility index (Phi) is 13.9. The van der Waals surface area contributed by atoms with Gasteiger partial charge in [-0.3, -0.25) is 4.55 Å². The van der Waals surface area contributed by atoms with Crippen LogP contribution in [0.15, 0.2) is 0 Å². The minimum absolute atomic E-state index is 0. The largest absolute Gasteiger partial charge is 1.00 e. The van der Waals surface area contributed by atoms with Crippen molar-refractivity contribution >= 4 is 20.2 Å². The fourth-order valence-corrected chi connectivity index (χ4v) is 0.880. The summed E-state index contributed by atoms with van der Waals surface area (Å²) in [7, 11) is -7.85. The summed E-state index contributed by atoms with van der Waals surface area (Å²) in [5, 5.41) is 0. The van der Waals surface area contributed by atoms with Gasteiger partial charge in [0.1, 0.15) is 0 Å². The van der Waals surface area contributed by atoms with E-state index >= 15 is 0 Å². The van der Waals surface area contributed by atoms with Gasteiger partial charge in [0.15, 0.2) is 0 Å². The minimum atomic E-state index is -4.05. The van der Waals surface area contributed by atoms with Crippen LogP contribution in [0.3, 0.4) is 0 Å². The van der Waals surface area contributed by atoms with Crippen LogP contribution in [0.25, 0.3) is 0 Å². The summed E-state index contributed by atoms with van der Waals surface area (Å²) in [4.78, 5) is 0. The van der Waals surface area contributed by atoms with Gasteiger partial charge in [0.2, 0.25) is 0 Å². The van der Waals surface area contributed by atoms with Gasteiger partial charge >= 0.3 is 29.6 Å². The maximum Gasteiger partial charge on any atom is 1.00 e. The van der Waals surface area contributed by atoms with Crippen molar-refractivity contribution in [3.8, 4) is 0 Å². The second-order valence-corrected chi connectivity index (χ2v) is 5.22. The van der Waals surface area contributed by atoms with Crippen molar-refractivity contribution < 1.29 is 55.5 Å². The Morgan fingerprint density at radius 3 is 1.33 bits per heavy atom. The molecule has 0 radical (unpaired) electrons. The summed E-state index contributed by atoms with van der Waals surface area (Å²) in [5.74, 6) is -0.819. The first-order valence-electron chi connectivity index (χ1n) is 3.41. The Balaban J connectivity index is -0.000000180. The smallest absolute Gasteiger partial charge is 0.748 e. The van der Waals surface area contributed by atoms with Gasteiger partial charge in [0.05, 0.1) is 21.6 Å². The molecular weight excluding hydrogens is 259 g/mol. The van der Waals surface area contributed by atoms with E-state index in [2.05, 4.69) is 0 Å². The molecule has 0 unspecified atom stereocenters. The van der Waals surface area contributed by atoms with E-state index in [0.29, 0.717) is 0 Å². The summed E-state index contributed by atoms with van der Waals surface area (Å²) in [6.45, 7) is -0.120. The van der Waals surface area contributed by atoms with Crippen molar-refractivity contribution in [1.82, 2.24) is 0 Å². The van der Waals surface area contributed by atoms with E-state index < -0.39 is 26.0 Å². The van der Waals surface area contributed by atoms with E-state index in [0.717, 1.165) is 0 Å². The molecule has 0 saturated carbocycles. The molecule has 0 aliphatic heterocycles. The first kappa shape index (κ1) is 21.1. The zero-order chi connectivity index (χ0) is 11.8. The molecule has 0 atom stereocenters. The second kappa shape index (κ2) is 9.93. The molecular formula is C4H13N2NaO6S2. The van der Waals surface area contributed by atoms with E-state index in [4.69, 9.17) is 16.0 Å². The first-order chi connectivity index (χ1) is 6.12. The third kappa shape index (κ3) is 31.3. The summed E-state index contributed by atoms with van der Waals surface area (Å²) in [6, 6.07) is 0. The van der Waals surface area contributed by atoms with Gasteiger partial charge < -0.3 is 16.0 Å². The van der Waals surface area contributed by atoms with Crippen molar-refractivity contribution in [2.75, 3.05) is 24.6 Å². The third-order valence-electron chi connectivity index (χ3n) is 0.744. The van der Waals surface area contributed by atoms with Crippen LogP contribution in [0.1, 0.15) is 0 Å². The standard InChI is InChI=1S/2C2H7NO3S.Na/c2*3-1-2-7(4,5)6;/h2*1-3H2,(H,4,5,6);/q;;+1/p-1. The van der Waals surface area contributed by atoms with Crippen LogP contribution in [-0.4, -0.2) is 50.5 Å². The van der Waals surface area contributed by atoms with Crippen LogP contribution in [0.2, 0.25) is 0 Å². The van der Waals surface area contributed by atoms with Gasteiger partial charge in [-0.2, -0.15) is 8.42 Å². The third-order valence-corrected chi connectivity index (χ3v) is 2.23. The fraction of sp³-hybridized carbons (Fsp3) is 1.00. The normalized spacial score (nSPS) is 10.9. The van der Waals surface area contributed by atoms with Gasteiger partial charge in [-0.15, -0.1) is 0 Å². The molecule has 0 aromatic carbocycles. The van der Waals surface area contributed by atoms with E-state index in [-0.39, 0.29) is 48.4 Å². The number of hydrogen-bond donors (Lipinski definition) is 3. The van der Waals surface area contributed by atoms with Gasteiger partial charge in [0, 0.05) is 13.1 Å². The Labute approximate surface area is 111 Å². The molecule has 15 heavy (non-hydrogen) atoms. The maximum absolute atomic E-state index is 9.71. The van der Waals surface area contributed by atoms with E-state index in [1.165, 1.54) is 0 Å². The van der Waals surface area contributed by atoms with E-state index in [1.807, 2.05) is 0 Å². The Morgan fingerprint density at radius 2 is 1.33 bits per heavy atom. The average molecular weight is 272 g/mol. The maximum atomic E-state index is 9.71. The van der Waals surface area contributed by atoms with Crippen molar-refractivity contribution in [3.05, 3.63) is 0 Å². The summed E-state index contributed by atoms with van der Waals surface area (Å²) < 4.78 is 56.1. The van der Waals surface area contributed by atoms with Crippen molar-refractivity contribution in [2.24, 2.45) is 11.5 Å². The van der Waals surface area contributed by atoms with E-state index in [1.54, 1.807) is 0 Å². The SMILES string of the molecule is NCCS(=O)(=O)O.NCCS(=O)(=O)[O-].[Na+]. The number of nitrogens with two attached hydrogens (primary N) is 2. The van der Waals surface area contributed by atoms with Gasteiger partial charge in [-0.05, 0) is 0 Å². The molecule has 0 heterocycles. The predicted molar refractivity (Wildman–Crippen MR) is 49.1 cm³/mol. The molecule has 8 nitrogen and oxygen atoms in total. The summed E-state index contributed by atoms with van der Waals surface area (Å²) in [6.07, 6.45) is 0. The molecule has 0 saturated heterocycles. The Hall–Kier alpha value is 0.740. The molecule has 0 rings (SSSR count). The quantitative estimate of drug-likeness (QED) is 0.336. The van der Waals surface area contributed by atoms with Crippen molar-refractivity contribution in [3.63, 3.8) is 0 Å². The summed E-state index contributed by atoms with van der Waals surface area (Å²) in [5.41, 5.74) is 9.51. The fourth-order valence-electron chi connectivity index (χ4n) is 0.293. The Morgan fingerprint density at radius 1 is 1.00 bits per heavy atom. The van der Waals surface area contributed by atoms with Crippen LogP contribution >= 0.6 is 0 Å². The average Bonchev–Trinajstić information content (AvgIpc) is 1.81. The first-order valence-corrected chi connectivity index (χ1v) is 6.60. The zero-order valence-corrected chi connectivity index (χ0v) is 11.9. The van der Waals surface area contributed by atoms with Crippen molar-refractivity contribution in [2.45, 2.75) is 0 Å². The van der Waals surface area contributed by atoms with Gasteiger partial charge in [-0.25, -0.2) is 8.42 Å². The van der Waals surface area contributed by atoms with Crippen LogP contribution in [-0.2, 0) is 20.2 Å². The molecule has 0 aromatic heterocycles. The topological polar surface area (TPSA) is 164 Å². The molecule has 5 N–H and O–H groups in total. The molecule has 0 fully saturated rings. The predicted octanol–water partition coefficient (Wildman–Crippen LogP) is -5.67. The monoisotopic (exact) mass is 272 g/mol. The van der Waals surface area contributed by atoms with Crippen LogP contribution in [0.4, 0.5) is 0 Å². The van der Waals surface area contributed by atoms with Crippen molar-refractivity contribution in [1.29, 1.82) is 0 Å². The number of rotatable bonds is 4. The molecule has 0 aliphatic rings. The van der Waals surface area contributed by atoms with Crippen LogP contribution in [0.5, 0.6) is 0 Å². The second-order valence-electron chi connectivity index (χ2n) is 2.13. The Bertz CT molecular complexity index is 291. The van der Waals surface area contributed by atoms with Crippen LogP contribution < -0.4 is 41.0 Å². The zero-order valence-electron chi connectivity index (χ0n) is 8.29. The molecule has 88 valence electrons. The van der Waals surface area contributed by atoms with Gasteiger partial charge in [0.25, 0.3) is 10.1 Å². The molecule has 0 spiro atoms. The number of hydrogen-bond acceptors (Lipinski definition) is 7. The minimum Gasteiger partial charge on any atom is -0.748 e. The molecule has 0 aliphatic carbocycles. The molecule has 0 amide bonds. The van der Waals surface area contributed by atoms with E-state index in [9.17, 15) is 21.4 Å². The molecule has 11 heteroatoms. The molecule has 0 bridgehead atoms. The molecule has 0 aromatic rings. The van der Waals surface area contributed by atoms with Crippen LogP contribution in [0, 0.1) is 0 Å².